The summed E-state index contributed by atoms with van der Waals surface area (Å²) in [7, 11) is 2.04. The summed E-state index contributed by atoms with van der Waals surface area (Å²) in [6, 6.07) is 10.6. The molecule has 1 aliphatic heterocycles. The molecule has 1 aromatic heterocycles. The van der Waals surface area contributed by atoms with Crippen molar-refractivity contribution < 1.29 is 18.8 Å². The molecule has 1 amide bonds. The van der Waals surface area contributed by atoms with Crippen LogP contribution < -0.4 is 10.2 Å². The van der Waals surface area contributed by atoms with Gasteiger partial charge < -0.3 is 24.7 Å². The van der Waals surface area contributed by atoms with Crippen LogP contribution in [0.2, 0.25) is 0 Å². The summed E-state index contributed by atoms with van der Waals surface area (Å²) in [5.74, 6) is -0.0726. The van der Waals surface area contributed by atoms with Crippen molar-refractivity contribution in [2.24, 2.45) is 0 Å². The molecule has 2 aliphatic rings. The van der Waals surface area contributed by atoms with Crippen molar-refractivity contribution in [1.82, 2.24) is 15.4 Å². The number of benzene rings is 1. The number of carbonyl (C=O) groups is 1. The molecule has 0 radical (unpaired) electrons. The summed E-state index contributed by atoms with van der Waals surface area (Å²) in [5.41, 5.74) is -1.49. The molecular weight excluding hydrogens is 387 g/mol. The molecule has 1 aromatic carbocycles. The predicted octanol–water partition coefficient (Wildman–Crippen LogP) is 2.07. The highest BCUT2D eigenvalue weighted by Crippen LogP contribution is 2.45. The number of hydrogen-bond donors (Lipinski definition) is 2. The molecule has 1 fully saturated rings. The van der Waals surface area contributed by atoms with Crippen LogP contribution in [-0.2, 0) is 10.5 Å². The Labute approximate surface area is 174 Å². The molecule has 0 bridgehead atoms. The first-order valence-corrected chi connectivity index (χ1v) is 9.92. The van der Waals surface area contributed by atoms with Crippen molar-refractivity contribution in [2.45, 2.75) is 18.7 Å². The molecule has 0 saturated carbocycles. The number of carbonyl (C=O) groups excluding carboxylic acids is 1. The molecule has 4 rings (SSSR count). The number of piperazine rings is 1. The SMILES string of the molecule is CC(=O)NC1=CC=C(c2ccccc2)C(O)C1(F)c1cc(N2CCN(C)CC2)no1. The zero-order chi connectivity index (χ0) is 21.3. The Kier molecular flexibility index (Phi) is 5.44. The number of amides is 1. The van der Waals surface area contributed by atoms with Gasteiger partial charge in [-0.25, -0.2) is 4.39 Å². The van der Waals surface area contributed by atoms with Gasteiger partial charge in [0, 0.05) is 39.2 Å². The standard InChI is InChI=1S/C22H25FN4O3/c1-15(28)24-18-9-8-17(16-6-4-3-5-7-16)21(29)22(18,23)19-14-20(25-30-19)27-12-10-26(2)11-13-27/h3-9,14,21,29H,10-13H2,1-2H3,(H,24,28). The molecule has 2 heterocycles. The van der Waals surface area contributed by atoms with Crippen molar-refractivity contribution in [1.29, 1.82) is 0 Å². The highest BCUT2D eigenvalue weighted by atomic mass is 19.1. The van der Waals surface area contributed by atoms with Gasteiger partial charge in [-0.3, -0.25) is 4.79 Å². The molecule has 2 unspecified atom stereocenters. The van der Waals surface area contributed by atoms with E-state index in [9.17, 15) is 9.90 Å². The van der Waals surface area contributed by atoms with E-state index in [1.165, 1.54) is 19.1 Å². The molecule has 2 N–H and O–H groups in total. The summed E-state index contributed by atoms with van der Waals surface area (Å²) < 4.78 is 22.0. The Balaban J connectivity index is 1.71. The minimum atomic E-state index is -2.48. The number of aliphatic hydroxyl groups excluding tert-OH is 1. The third kappa shape index (κ3) is 3.64. The van der Waals surface area contributed by atoms with Crippen LogP contribution in [0.15, 0.2) is 58.8 Å². The fourth-order valence-corrected chi connectivity index (χ4v) is 3.84. The molecule has 1 aliphatic carbocycles. The minimum Gasteiger partial charge on any atom is -0.384 e. The van der Waals surface area contributed by atoms with Gasteiger partial charge in [-0.1, -0.05) is 41.6 Å². The maximum atomic E-state index is 16.6. The van der Waals surface area contributed by atoms with Gasteiger partial charge in [0.1, 0.15) is 6.10 Å². The molecular formula is C22H25FN4O3. The summed E-state index contributed by atoms with van der Waals surface area (Å²) in [6.45, 7) is 4.51. The van der Waals surface area contributed by atoms with E-state index >= 15 is 4.39 Å². The average molecular weight is 412 g/mol. The zero-order valence-electron chi connectivity index (χ0n) is 17.0. The Hall–Kier alpha value is -2.97. The van der Waals surface area contributed by atoms with Crippen LogP contribution in [0.5, 0.6) is 0 Å². The lowest BCUT2D eigenvalue weighted by molar-refractivity contribution is -0.119. The molecule has 2 atom stereocenters. The lowest BCUT2D eigenvalue weighted by atomic mass is 9.80. The Morgan fingerprint density at radius 1 is 1.23 bits per heavy atom. The number of nitrogens with zero attached hydrogens (tertiary/aromatic N) is 3. The Bertz CT molecular complexity index is 979. The van der Waals surface area contributed by atoms with E-state index in [0.29, 0.717) is 17.0 Å². The Morgan fingerprint density at radius 2 is 1.93 bits per heavy atom. The maximum Gasteiger partial charge on any atom is 0.240 e. The number of allylic oxidation sites excluding steroid dienone is 2. The average Bonchev–Trinajstić information content (AvgIpc) is 3.23. The van der Waals surface area contributed by atoms with Crippen molar-refractivity contribution in [3.8, 4) is 0 Å². The summed E-state index contributed by atoms with van der Waals surface area (Å²) in [4.78, 5) is 15.9. The fraction of sp³-hybridized carbons (Fsp3) is 0.364. The topological polar surface area (TPSA) is 81.8 Å². The zero-order valence-corrected chi connectivity index (χ0v) is 17.0. The van der Waals surface area contributed by atoms with Gasteiger partial charge in [-0.2, -0.15) is 0 Å². The van der Waals surface area contributed by atoms with Crippen LogP contribution in [0, 0.1) is 0 Å². The summed E-state index contributed by atoms with van der Waals surface area (Å²) >= 11 is 0. The number of hydrogen-bond acceptors (Lipinski definition) is 6. The molecule has 1 saturated heterocycles. The predicted molar refractivity (Wildman–Crippen MR) is 111 cm³/mol. The maximum absolute atomic E-state index is 16.6. The fourth-order valence-electron chi connectivity index (χ4n) is 3.84. The van der Waals surface area contributed by atoms with Gasteiger partial charge >= 0.3 is 0 Å². The second-order valence-electron chi connectivity index (χ2n) is 7.70. The second kappa shape index (κ2) is 8.04. The van der Waals surface area contributed by atoms with E-state index in [1.54, 1.807) is 18.2 Å². The van der Waals surface area contributed by atoms with Gasteiger partial charge in [-0.15, -0.1) is 0 Å². The van der Waals surface area contributed by atoms with Crippen LogP contribution in [-0.4, -0.2) is 60.4 Å². The van der Waals surface area contributed by atoms with Crippen LogP contribution in [0.3, 0.4) is 0 Å². The summed E-state index contributed by atoms with van der Waals surface area (Å²) in [5, 5.41) is 17.6. The molecule has 0 spiro atoms. The highest BCUT2D eigenvalue weighted by Gasteiger charge is 2.51. The van der Waals surface area contributed by atoms with Crippen LogP contribution in [0.25, 0.3) is 5.57 Å². The third-order valence-electron chi connectivity index (χ3n) is 5.59. The van der Waals surface area contributed by atoms with E-state index in [1.807, 2.05) is 30.1 Å². The molecule has 158 valence electrons. The number of likely N-dealkylation sites (N-methyl/N-ethyl adjacent to an activating group) is 1. The number of rotatable bonds is 4. The number of aromatic nitrogens is 1. The first kappa shape index (κ1) is 20.3. The van der Waals surface area contributed by atoms with Gasteiger partial charge in [0.05, 0.1) is 5.70 Å². The summed E-state index contributed by atoms with van der Waals surface area (Å²) in [6.07, 6.45) is 1.50. The first-order chi connectivity index (χ1) is 14.4. The second-order valence-corrected chi connectivity index (χ2v) is 7.70. The van der Waals surface area contributed by atoms with Gasteiger partial charge in [0.15, 0.2) is 11.6 Å². The van der Waals surface area contributed by atoms with Crippen LogP contribution >= 0.6 is 0 Å². The first-order valence-electron chi connectivity index (χ1n) is 9.92. The number of halogens is 1. The van der Waals surface area contributed by atoms with Crippen molar-refractivity contribution in [3.05, 3.63) is 65.6 Å². The van der Waals surface area contributed by atoms with E-state index < -0.39 is 17.7 Å². The lowest BCUT2D eigenvalue weighted by Gasteiger charge is -2.34. The van der Waals surface area contributed by atoms with E-state index in [4.69, 9.17) is 4.52 Å². The quantitative estimate of drug-likeness (QED) is 0.800. The van der Waals surface area contributed by atoms with Crippen molar-refractivity contribution in [2.75, 3.05) is 38.1 Å². The van der Waals surface area contributed by atoms with Gasteiger partial charge in [0.2, 0.25) is 11.6 Å². The molecule has 30 heavy (non-hydrogen) atoms. The number of aliphatic hydroxyl groups is 1. The largest absolute Gasteiger partial charge is 0.384 e. The Morgan fingerprint density at radius 3 is 2.60 bits per heavy atom. The van der Waals surface area contributed by atoms with E-state index in [2.05, 4.69) is 15.4 Å². The van der Waals surface area contributed by atoms with E-state index in [-0.39, 0.29) is 11.5 Å². The van der Waals surface area contributed by atoms with Crippen molar-refractivity contribution >= 4 is 17.3 Å². The van der Waals surface area contributed by atoms with Crippen molar-refractivity contribution in [3.63, 3.8) is 0 Å². The van der Waals surface area contributed by atoms with E-state index in [0.717, 1.165) is 26.2 Å². The van der Waals surface area contributed by atoms with Crippen LogP contribution in [0.4, 0.5) is 10.2 Å². The number of alkyl halides is 1. The smallest absolute Gasteiger partial charge is 0.240 e. The van der Waals surface area contributed by atoms with Gasteiger partial charge in [-0.05, 0) is 24.3 Å². The van der Waals surface area contributed by atoms with Crippen LogP contribution in [0.1, 0.15) is 18.2 Å². The molecule has 7 nitrogen and oxygen atoms in total. The number of anilines is 1. The molecule has 2 aromatic rings. The highest BCUT2D eigenvalue weighted by molar-refractivity contribution is 5.79. The normalized spacial score (nSPS) is 24.9. The van der Waals surface area contributed by atoms with Gasteiger partial charge in [0.25, 0.3) is 0 Å². The lowest BCUT2D eigenvalue weighted by Crippen LogP contribution is -2.45. The number of nitrogens with one attached hydrogen (secondary N) is 1. The molecule has 8 heteroatoms. The minimum absolute atomic E-state index is 0.0803. The monoisotopic (exact) mass is 412 g/mol. The third-order valence-corrected chi connectivity index (χ3v) is 5.59.